The fraction of sp³-hybridized carbons (Fsp3) is 0.346. The van der Waals surface area contributed by atoms with Crippen LogP contribution in [0.5, 0.6) is 17.2 Å². The Morgan fingerprint density at radius 2 is 0.775 bits per heavy atom. The monoisotopic (exact) mass is 1390 g/mol. The molecule has 0 radical (unpaired) electrons. The molecule has 528 valence electrons. The lowest BCUT2D eigenvalue weighted by Crippen LogP contribution is -2.49. The van der Waals surface area contributed by atoms with Crippen molar-refractivity contribution >= 4 is 53.2 Å². The van der Waals surface area contributed by atoms with Crippen molar-refractivity contribution in [2.75, 3.05) is 59.1 Å². The Morgan fingerprint density at radius 1 is 0.422 bits per heavy atom. The van der Waals surface area contributed by atoms with Crippen LogP contribution in [0.1, 0.15) is 132 Å². The molecule has 0 aliphatic carbocycles. The first kappa shape index (κ1) is 58.8. The molecule has 15 rings (SSSR count). The van der Waals surface area contributed by atoms with Crippen molar-refractivity contribution in [3.63, 3.8) is 0 Å². The van der Waals surface area contributed by atoms with Crippen molar-refractivity contribution in [3.05, 3.63) is 231 Å². The maximum Gasteiger partial charge on any atom is 0.255 e. The first-order valence-electron chi connectivity index (χ1n) is 38.1. The molecule has 9 aliphatic heterocycles. The summed E-state index contributed by atoms with van der Waals surface area (Å²) in [6, 6.07) is 36.3. The van der Waals surface area contributed by atoms with E-state index in [0.29, 0.717) is 109 Å². The Bertz CT molecular complexity index is 4570. The highest BCUT2D eigenvalue weighted by Crippen LogP contribution is 2.38. The third-order valence-electron chi connectivity index (χ3n) is 18.7. The number of hydrogen-bond donors (Lipinski definition) is 3. The van der Waals surface area contributed by atoms with Gasteiger partial charge in [-0.1, -0.05) is 111 Å². The molecule has 0 spiro atoms. The molecule has 24 nitrogen and oxygen atoms in total. The number of carbonyl (C=O) groups is 9. The van der Waals surface area contributed by atoms with E-state index in [1.54, 1.807) is 69.3 Å². The van der Waals surface area contributed by atoms with Gasteiger partial charge < -0.3 is 73.8 Å². The maximum atomic E-state index is 13.0. The number of benzene rings is 6. The lowest BCUT2D eigenvalue weighted by atomic mass is 10.0. The summed E-state index contributed by atoms with van der Waals surface area (Å²) in [5.74, 6) is -1.68. The number of nitrogens with one attached hydrogen (secondary N) is 3. The zero-order chi connectivity index (χ0) is 79.0. The number of rotatable bonds is 18. The number of carbonyl (C=O) groups excluding carboxylic acids is 9. The molecule has 3 N–H and O–H groups in total. The van der Waals surface area contributed by atoms with Crippen LogP contribution in [-0.4, -0.2) is 160 Å². The summed E-state index contributed by atoms with van der Waals surface area (Å²) in [6.07, 6.45) is 3.50. The zero-order valence-corrected chi connectivity index (χ0v) is 55.7. The van der Waals surface area contributed by atoms with Gasteiger partial charge in [-0.05, 0) is 108 Å². The second-order valence-corrected chi connectivity index (χ2v) is 25.6. The lowest BCUT2D eigenvalue weighted by molar-refractivity contribution is -0.144. The molecule has 9 amide bonds. The van der Waals surface area contributed by atoms with Crippen molar-refractivity contribution in [3.8, 4) is 17.2 Å². The summed E-state index contributed by atoms with van der Waals surface area (Å²) in [7, 11) is 0. The van der Waals surface area contributed by atoms with Gasteiger partial charge in [0.1, 0.15) is 74.9 Å². The minimum Gasteiger partial charge on any atom is -0.489 e. The van der Waals surface area contributed by atoms with Crippen LogP contribution in [0.25, 0.3) is 0 Å². The van der Waals surface area contributed by atoms with E-state index in [4.69, 9.17) is 40.8 Å². The van der Waals surface area contributed by atoms with E-state index in [9.17, 15) is 43.2 Å². The molecule has 6 atom stereocenters. The molecule has 0 bridgehead atoms. The third-order valence-corrected chi connectivity index (χ3v) is 18.7. The van der Waals surface area contributed by atoms with Crippen LogP contribution < -0.4 is 30.2 Å². The van der Waals surface area contributed by atoms with E-state index in [-0.39, 0.29) is 94.6 Å². The molecule has 6 aromatic rings. The van der Waals surface area contributed by atoms with Crippen LogP contribution in [0.4, 0.5) is 0 Å². The predicted molar refractivity (Wildman–Crippen MR) is 371 cm³/mol. The summed E-state index contributed by atoms with van der Waals surface area (Å²) in [4.78, 5) is 122. The van der Waals surface area contributed by atoms with Crippen LogP contribution in [0.2, 0.25) is 0 Å². The summed E-state index contributed by atoms with van der Waals surface area (Å²) in [5.41, 5.74) is 10.8. The summed E-state index contributed by atoms with van der Waals surface area (Å²) in [6.45, 7) is 2.38. The van der Waals surface area contributed by atoms with Gasteiger partial charge in [0.2, 0.25) is 35.4 Å². The fourth-order valence-corrected chi connectivity index (χ4v) is 13.2. The predicted octanol–water partition coefficient (Wildman–Crippen LogP) is 7.12. The standard InChI is InChI=1S/3C26H27N3O5/c3*1-17-5-10-22(25(31)27-17)29-14-21-20(26(29)32)3-2-4-23(21)34-15-19-8-6-18(7-9-19)13-28-11-12-33-16-24(28)30/h3*2-4,6-9,22H,1,5,10-16H2,(H,27,31)/i12D2,16D;12D,16D2;11D,16D2. The number of ether oxygens (including phenoxy) is 6. The Morgan fingerprint density at radius 3 is 1.17 bits per heavy atom. The molecule has 24 heteroatoms. The summed E-state index contributed by atoms with van der Waals surface area (Å²) in [5, 5.41) is 8.22. The molecule has 6 saturated heterocycles. The van der Waals surface area contributed by atoms with Gasteiger partial charge in [0.25, 0.3) is 17.7 Å². The number of allylic oxidation sites excluding steroid dienone is 3. The number of piperidine rings is 3. The van der Waals surface area contributed by atoms with Gasteiger partial charge in [-0.2, -0.15) is 0 Å². The minimum absolute atomic E-state index is 0.00463. The Kier molecular flexibility index (Phi) is 18.0. The van der Waals surface area contributed by atoms with Crippen molar-refractivity contribution in [2.24, 2.45) is 0 Å². The quantitative estimate of drug-likeness (QED) is 0.0774. The first-order valence-corrected chi connectivity index (χ1v) is 33.4. The summed E-state index contributed by atoms with van der Waals surface area (Å²) < 4.78 is 102. The molecular weight excluding hydrogens is 1300 g/mol. The maximum absolute atomic E-state index is 13.0. The van der Waals surface area contributed by atoms with Gasteiger partial charge in [-0.3, -0.25) is 43.2 Å². The lowest BCUT2D eigenvalue weighted by Gasteiger charge is -2.31. The smallest absolute Gasteiger partial charge is 0.255 e. The Labute approximate surface area is 603 Å². The number of fused-ring (bicyclic) bond motifs is 3. The summed E-state index contributed by atoms with van der Waals surface area (Å²) >= 11 is 0. The molecule has 6 fully saturated rings. The number of hydrogen-bond acceptors (Lipinski definition) is 15. The molecule has 9 heterocycles. The fourth-order valence-electron chi connectivity index (χ4n) is 13.2. The van der Waals surface area contributed by atoms with E-state index in [2.05, 4.69) is 35.7 Å². The van der Waals surface area contributed by atoms with E-state index in [0.717, 1.165) is 55.0 Å². The molecule has 6 unspecified atom stereocenters. The van der Waals surface area contributed by atoms with Gasteiger partial charge in [0.05, 0.1) is 51.7 Å². The van der Waals surface area contributed by atoms with Crippen molar-refractivity contribution < 1.29 is 83.9 Å². The van der Waals surface area contributed by atoms with Crippen molar-refractivity contribution in [1.82, 2.24) is 45.3 Å². The van der Waals surface area contributed by atoms with Crippen molar-refractivity contribution in [1.29, 1.82) is 0 Å². The second kappa shape index (κ2) is 31.3. The number of nitrogens with zero attached hydrogens (tertiary/aromatic N) is 6. The Hall–Kier alpha value is -11.0. The van der Waals surface area contributed by atoms with Crippen LogP contribution in [0, 0.1) is 0 Å². The number of amides is 9. The highest BCUT2D eigenvalue weighted by Gasteiger charge is 2.43. The first-order chi connectivity index (χ1) is 52.9. The van der Waals surface area contributed by atoms with Crippen molar-refractivity contribution in [2.45, 2.75) is 116 Å². The molecule has 0 saturated carbocycles. The minimum atomic E-state index is -2.50. The highest BCUT2D eigenvalue weighted by molar-refractivity contribution is 6.04. The van der Waals surface area contributed by atoms with Crippen LogP contribution in [0.3, 0.4) is 0 Å². The van der Waals surface area contributed by atoms with Crippen LogP contribution >= 0.6 is 0 Å². The van der Waals surface area contributed by atoms with E-state index in [1.165, 1.54) is 9.80 Å². The van der Waals surface area contributed by atoms with E-state index >= 15 is 0 Å². The van der Waals surface area contributed by atoms with Crippen LogP contribution in [-0.2, 0) is 102 Å². The highest BCUT2D eigenvalue weighted by atomic mass is 16.5. The van der Waals surface area contributed by atoms with Gasteiger partial charge in [0, 0.05) is 89.7 Å². The SMILES string of the molecule is [2H]C1CN(Cc2ccc(COc3cccc4c3CN(C3CCC(=C)NC3=O)C4=O)cc2)C(=O)C([2H])([2H])O1.[2H]C1COC([2H])([2H])C(=O)N1Cc1ccc(COc2cccc3c2CN(C2CCC(=C)NC2=O)C3=O)cc1.[2H]C1OC([2H])([2H])CN(Cc2ccc(COc3cccc4c3CN(C3CCC(=C)NC3=O)C4=O)cc2)C1=O. The van der Waals surface area contributed by atoms with Gasteiger partial charge in [-0.25, -0.2) is 0 Å². The molecule has 0 aromatic heterocycles. The van der Waals surface area contributed by atoms with Gasteiger partial charge in [-0.15, -0.1) is 0 Å². The zero-order valence-electron chi connectivity index (χ0n) is 64.7. The molecule has 9 aliphatic rings. The second-order valence-electron chi connectivity index (χ2n) is 25.6. The molecular formula is C78H81N9O15. The largest absolute Gasteiger partial charge is 0.489 e. The molecule has 6 aromatic carbocycles. The van der Waals surface area contributed by atoms with Crippen LogP contribution in [0.15, 0.2) is 164 Å². The van der Waals surface area contributed by atoms with Gasteiger partial charge in [0.15, 0.2) is 0 Å². The normalized spacial score (nSPS) is 25.4. The Balaban J connectivity index is 0.000000146. The van der Waals surface area contributed by atoms with E-state index in [1.807, 2.05) is 72.8 Å². The molecule has 102 heavy (non-hydrogen) atoms. The number of morpholine rings is 3. The average molecular weight is 1390 g/mol. The average Bonchev–Trinajstić information content (AvgIpc) is 1.61. The van der Waals surface area contributed by atoms with E-state index < -0.39 is 75.2 Å². The topological polar surface area (TPSA) is 265 Å². The third kappa shape index (κ3) is 15.9. The van der Waals surface area contributed by atoms with Gasteiger partial charge >= 0.3 is 0 Å².